The van der Waals surface area contributed by atoms with Crippen LogP contribution in [0.25, 0.3) is 0 Å². The van der Waals surface area contributed by atoms with E-state index in [0.29, 0.717) is 12.8 Å². The molecule has 17 heteroatoms. The van der Waals surface area contributed by atoms with Gasteiger partial charge in [0.2, 0.25) is 0 Å². The summed E-state index contributed by atoms with van der Waals surface area (Å²) in [5.74, 6) is 0. The summed E-state index contributed by atoms with van der Waals surface area (Å²) in [5, 5.41) is 52.7. The average molecular weight is 611 g/mol. The molecular weight excluding hydrogens is 560 g/mol. The van der Waals surface area contributed by atoms with Gasteiger partial charge in [0.25, 0.3) is 0 Å². The fourth-order valence-electron chi connectivity index (χ4n) is 5.96. The van der Waals surface area contributed by atoms with E-state index in [1.807, 2.05) is 13.8 Å². The van der Waals surface area contributed by atoms with E-state index in [1.54, 1.807) is 0 Å². The van der Waals surface area contributed by atoms with Crippen molar-refractivity contribution < 1.29 is 54.0 Å². The average Bonchev–Trinajstić information content (AvgIpc) is 3.23. The molecular formula is C25H50N6O11. The summed E-state index contributed by atoms with van der Waals surface area (Å²) in [4.78, 5) is 0. The Morgan fingerprint density at radius 3 is 1.93 bits per heavy atom. The van der Waals surface area contributed by atoms with E-state index in [4.69, 9.17) is 62.8 Å². The number of ether oxygens (including phenoxy) is 6. The summed E-state index contributed by atoms with van der Waals surface area (Å²) in [5.41, 5.74) is 36.1. The van der Waals surface area contributed by atoms with Crippen LogP contribution in [0.5, 0.6) is 0 Å². The van der Waals surface area contributed by atoms with Crippen molar-refractivity contribution >= 4 is 0 Å². The number of nitrogens with two attached hydrogens (primary N) is 6. The molecule has 17 nitrogen and oxygen atoms in total. The van der Waals surface area contributed by atoms with E-state index in [2.05, 4.69) is 0 Å². The zero-order valence-electron chi connectivity index (χ0n) is 24.0. The van der Waals surface area contributed by atoms with Gasteiger partial charge in [-0.25, -0.2) is 0 Å². The Labute approximate surface area is 244 Å². The SMILES string of the molecule is CC(C)(N)[C@@H]1CC[C@@H](N)[C@@H](O[C@H]2[C@H](O[C@@H]3O[C@H](CO)[C@@H](O[C@H]4O[C@@H](CN)[C@@H](O)[C@H](O)[C@H]4N)[C@H]3O)[C@@H](O)[C@H](N)C[C@@H]2N)O1. The molecule has 3 saturated heterocycles. The molecule has 42 heavy (non-hydrogen) atoms. The maximum absolute atomic E-state index is 11.2. The summed E-state index contributed by atoms with van der Waals surface area (Å²) >= 11 is 0. The quantitative estimate of drug-likeness (QED) is 0.116. The van der Waals surface area contributed by atoms with E-state index in [9.17, 15) is 25.5 Å². The van der Waals surface area contributed by atoms with Gasteiger partial charge in [0.05, 0.1) is 30.9 Å². The van der Waals surface area contributed by atoms with E-state index in [1.165, 1.54) is 0 Å². The first-order chi connectivity index (χ1) is 19.7. The van der Waals surface area contributed by atoms with Gasteiger partial charge < -0.3 is 88.4 Å². The Bertz CT molecular complexity index is 873. The van der Waals surface area contributed by atoms with Gasteiger partial charge in [0, 0.05) is 24.2 Å². The van der Waals surface area contributed by atoms with Crippen LogP contribution in [0.2, 0.25) is 0 Å². The highest BCUT2D eigenvalue weighted by Gasteiger charge is 2.53. The van der Waals surface area contributed by atoms with Gasteiger partial charge in [0.1, 0.15) is 48.8 Å². The topological polar surface area (TPSA) is 313 Å². The van der Waals surface area contributed by atoms with Gasteiger partial charge >= 0.3 is 0 Å². The second-order valence-electron chi connectivity index (χ2n) is 12.5. The Morgan fingerprint density at radius 1 is 0.690 bits per heavy atom. The van der Waals surface area contributed by atoms with Crippen LogP contribution in [0, 0.1) is 0 Å². The van der Waals surface area contributed by atoms with Crippen LogP contribution in [0.3, 0.4) is 0 Å². The molecule has 0 aromatic heterocycles. The van der Waals surface area contributed by atoms with E-state index >= 15 is 0 Å². The van der Waals surface area contributed by atoms with Crippen LogP contribution < -0.4 is 34.4 Å². The van der Waals surface area contributed by atoms with Crippen LogP contribution in [-0.2, 0) is 28.4 Å². The molecule has 3 aliphatic heterocycles. The standard InChI is InChI=1S/C25H50N6O11/c1-25(2,31)13-4-3-8(27)22(39-13)40-19-10(29)5-9(28)15(33)21(19)42-24-18(36)20(12(7-32)38-24)41-23-14(30)17(35)16(34)11(6-26)37-23/h8-24,32-36H,3-7,26-31H2,1-2H3/t8-,9-,10+,11+,12-,13+,14-,15+,16-,17-,18-,19-,20-,21-,22-,23-,24+/m1/s1. The molecule has 3 heterocycles. The van der Waals surface area contributed by atoms with Crippen LogP contribution in [0.4, 0.5) is 0 Å². The predicted molar refractivity (Wildman–Crippen MR) is 145 cm³/mol. The lowest BCUT2D eigenvalue weighted by Crippen LogP contribution is -2.66. The summed E-state index contributed by atoms with van der Waals surface area (Å²) in [6.07, 6.45) is -13.7. The highest BCUT2D eigenvalue weighted by Crippen LogP contribution is 2.34. The van der Waals surface area contributed by atoms with Gasteiger partial charge in [0.15, 0.2) is 18.9 Å². The number of aliphatic hydroxyl groups is 5. The molecule has 0 aromatic carbocycles. The van der Waals surface area contributed by atoms with Gasteiger partial charge in [-0.1, -0.05) is 0 Å². The van der Waals surface area contributed by atoms with E-state index in [0.717, 1.165) is 0 Å². The van der Waals surface area contributed by atoms with Crippen molar-refractivity contribution in [2.24, 2.45) is 34.4 Å². The van der Waals surface area contributed by atoms with Crippen molar-refractivity contribution in [2.45, 2.75) is 143 Å². The molecule has 4 aliphatic rings. The lowest BCUT2D eigenvalue weighted by Gasteiger charge is -2.47. The molecule has 0 amide bonds. The molecule has 1 aliphatic carbocycles. The first-order valence-electron chi connectivity index (χ1n) is 14.4. The number of hydrogen-bond acceptors (Lipinski definition) is 17. The maximum atomic E-state index is 11.2. The molecule has 246 valence electrons. The van der Waals surface area contributed by atoms with E-state index in [-0.39, 0.29) is 19.1 Å². The lowest BCUT2D eigenvalue weighted by molar-refractivity contribution is -0.292. The third-order valence-electron chi connectivity index (χ3n) is 8.63. The largest absolute Gasteiger partial charge is 0.394 e. The van der Waals surface area contributed by atoms with Crippen molar-refractivity contribution in [2.75, 3.05) is 13.2 Å². The van der Waals surface area contributed by atoms with Crippen LogP contribution >= 0.6 is 0 Å². The minimum atomic E-state index is -1.53. The molecule has 0 aromatic rings. The zero-order chi connectivity index (χ0) is 31.1. The normalized spacial score (nSPS) is 50.6. The molecule has 17 atom stereocenters. The third kappa shape index (κ3) is 7.08. The second kappa shape index (κ2) is 13.8. The molecule has 0 unspecified atom stereocenters. The Hall–Kier alpha value is -0.680. The Balaban J connectivity index is 1.49. The molecule has 4 rings (SSSR count). The van der Waals surface area contributed by atoms with Gasteiger partial charge in [-0.15, -0.1) is 0 Å². The second-order valence-corrected chi connectivity index (χ2v) is 12.5. The van der Waals surface area contributed by atoms with Crippen molar-refractivity contribution in [1.29, 1.82) is 0 Å². The minimum absolute atomic E-state index is 0.136. The number of aliphatic hydroxyl groups excluding tert-OH is 5. The first-order valence-corrected chi connectivity index (χ1v) is 14.4. The van der Waals surface area contributed by atoms with Crippen LogP contribution in [-0.4, -0.2) is 148 Å². The maximum Gasteiger partial charge on any atom is 0.187 e. The number of rotatable bonds is 9. The van der Waals surface area contributed by atoms with E-state index < -0.39 is 110 Å². The monoisotopic (exact) mass is 610 g/mol. The number of hydrogen-bond donors (Lipinski definition) is 11. The highest BCUT2D eigenvalue weighted by molar-refractivity contribution is 5.01. The summed E-state index contributed by atoms with van der Waals surface area (Å²) in [7, 11) is 0. The molecule has 0 spiro atoms. The summed E-state index contributed by atoms with van der Waals surface area (Å²) in [6.45, 7) is 2.95. The summed E-state index contributed by atoms with van der Waals surface area (Å²) in [6, 6.07) is -3.19. The molecule has 1 saturated carbocycles. The Morgan fingerprint density at radius 2 is 1.31 bits per heavy atom. The van der Waals surface area contributed by atoms with Crippen molar-refractivity contribution in [3.05, 3.63) is 0 Å². The summed E-state index contributed by atoms with van der Waals surface area (Å²) < 4.78 is 35.6. The smallest absolute Gasteiger partial charge is 0.187 e. The van der Waals surface area contributed by atoms with Crippen molar-refractivity contribution in [3.63, 3.8) is 0 Å². The predicted octanol–water partition coefficient (Wildman–Crippen LogP) is -6.06. The lowest BCUT2D eigenvalue weighted by atomic mass is 9.84. The van der Waals surface area contributed by atoms with Gasteiger partial charge in [-0.3, -0.25) is 0 Å². The molecule has 0 bridgehead atoms. The van der Waals surface area contributed by atoms with Crippen LogP contribution in [0.15, 0.2) is 0 Å². The van der Waals surface area contributed by atoms with Crippen molar-refractivity contribution in [1.82, 2.24) is 0 Å². The van der Waals surface area contributed by atoms with Gasteiger partial charge in [-0.2, -0.15) is 0 Å². The minimum Gasteiger partial charge on any atom is -0.394 e. The van der Waals surface area contributed by atoms with Gasteiger partial charge in [-0.05, 0) is 33.1 Å². The zero-order valence-corrected chi connectivity index (χ0v) is 24.0. The van der Waals surface area contributed by atoms with Crippen molar-refractivity contribution in [3.8, 4) is 0 Å². The third-order valence-corrected chi connectivity index (χ3v) is 8.63. The van der Waals surface area contributed by atoms with Crippen LogP contribution in [0.1, 0.15) is 33.1 Å². The fraction of sp³-hybridized carbons (Fsp3) is 1.00. The fourth-order valence-corrected chi connectivity index (χ4v) is 5.96. The molecule has 4 fully saturated rings. The highest BCUT2D eigenvalue weighted by atomic mass is 16.8. The first kappa shape index (κ1) is 34.2. The molecule has 17 N–H and O–H groups in total. The Kier molecular flexibility index (Phi) is 11.2. The molecule has 0 radical (unpaired) electrons.